The van der Waals surface area contributed by atoms with Crippen LogP contribution in [0.15, 0.2) is 59.0 Å². The number of nitrogens with zero attached hydrogens (tertiary/aromatic N) is 4. The molecule has 1 aliphatic rings. The molecule has 0 spiro atoms. The number of hydrogen-bond donors (Lipinski definition) is 5. The van der Waals surface area contributed by atoms with Crippen LogP contribution in [0.2, 0.25) is 0 Å². The van der Waals surface area contributed by atoms with Crippen LogP contribution < -0.4 is 30.3 Å². The van der Waals surface area contributed by atoms with Gasteiger partial charge in [0.15, 0.2) is 17.2 Å². The highest BCUT2D eigenvalue weighted by molar-refractivity contribution is 6.19. The van der Waals surface area contributed by atoms with Gasteiger partial charge in [0.1, 0.15) is 47.9 Å². The smallest absolute Gasteiger partial charge is 0.415 e. The zero-order chi connectivity index (χ0) is 54.6. The molecule has 5 N–H and O–H groups in total. The molecule has 2 aromatic heterocycles. The molecule has 406 valence electrons. The van der Waals surface area contributed by atoms with Crippen molar-refractivity contribution in [3.63, 3.8) is 0 Å². The zero-order valence-electron chi connectivity index (χ0n) is 43.7. The predicted octanol–water partition coefficient (Wildman–Crippen LogP) is 6.70. The number of oxazole rings is 1. The maximum Gasteiger partial charge on any atom is 0.415 e. The molecule has 75 heavy (non-hydrogen) atoms. The minimum atomic E-state index is -0.957. The highest BCUT2D eigenvalue weighted by Gasteiger charge is 2.38. The lowest BCUT2D eigenvalue weighted by molar-refractivity contribution is -0.128. The van der Waals surface area contributed by atoms with Crippen LogP contribution in [-0.2, 0) is 35.1 Å². The van der Waals surface area contributed by atoms with E-state index in [2.05, 4.69) is 25.9 Å². The predicted molar refractivity (Wildman–Crippen MR) is 279 cm³/mol. The fourth-order valence-electron chi connectivity index (χ4n) is 7.98. The quantitative estimate of drug-likeness (QED) is 0.0337. The van der Waals surface area contributed by atoms with E-state index in [0.717, 1.165) is 10.9 Å². The van der Waals surface area contributed by atoms with E-state index < -0.39 is 47.8 Å². The van der Waals surface area contributed by atoms with Gasteiger partial charge in [0.05, 0.1) is 32.1 Å². The van der Waals surface area contributed by atoms with Gasteiger partial charge in [-0.25, -0.2) is 19.4 Å². The monoisotopic (exact) mass is 1060 g/mol. The number of alkyl carbamates (subject to hydrolysis) is 1. The van der Waals surface area contributed by atoms with E-state index in [1.54, 1.807) is 96.0 Å². The number of hydrogen-bond acceptors (Lipinski definition) is 15. The summed E-state index contributed by atoms with van der Waals surface area (Å²) in [6.07, 6.45) is -2.26. The number of ether oxygens (including phenoxy) is 6. The summed E-state index contributed by atoms with van der Waals surface area (Å²) in [6, 6.07) is 13.4. The van der Waals surface area contributed by atoms with Crippen molar-refractivity contribution in [2.45, 2.75) is 78.7 Å². The molecule has 22 nitrogen and oxygen atoms in total. The van der Waals surface area contributed by atoms with E-state index in [-0.39, 0.29) is 87.6 Å². The van der Waals surface area contributed by atoms with Gasteiger partial charge in [0.2, 0.25) is 11.8 Å². The molecular weight excluding hydrogens is 996 g/mol. The van der Waals surface area contributed by atoms with Gasteiger partial charge in [0.25, 0.3) is 5.91 Å². The third-order valence-electron chi connectivity index (χ3n) is 11.8. The number of aromatic amines is 1. The molecule has 6 amide bonds. The second-order valence-corrected chi connectivity index (χ2v) is 19.5. The number of aliphatic hydroxyl groups is 1. The Balaban J connectivity index is 1.07. The molecule has 3 heterocycles. The second-order valence-electron chi connectivity index (χ2n) is 19.2. The van der Waals surface area contributed by atoms with Crippen molar-refractivity contribution in [1.82, 2.24) is 30.4 Å². The van der Waals surface area contributed by atoms with E-state index >= 15 is 0 Å². The number of nitrogens with one attached hydrogen (secondary N) is 4. The number of alkyl halides is 1. The molecule has 1 aliphatic heterocycles. The molecular formula is C52H67ClN8O14. The minimum absolute atomic E-state index is 0.00208. The Kier molecular flexibility index (Phi) is 19.7. The van der Waals surface area contributed by atoms with Crippen molar-refractivity contribution in [2.24, 2.45) is 5.92 Å². The SMILES string of the molecule is COCCOc1ccc2[nH]c(C(=O)N3CC(CCl)c4c3cc(OC(=O)N(CCOCCO)CCN(C)C(=O)OCc3ccc(NC(=O)[C@H](C)NC(=O)[C@H](NC(=O)OC(C)(C)C)C(C)C)cc3)c3oc(C)nc43)cc2c1. The average molecular weight is 1060 g/mol. The number of H-pyrrole nitrogens is 1. The van der Waals surface area contributed by atoms with Crippen LogP contribution in [0.1, 0.15) is 75.0 Å². The van der Waals surface area contributed by atoms with Gasteiger partial charge in [-0.3, -0.25) is 14.4 Å². The number of benzene rings is 3. The van der Waals surface area contributed by atoms with Crippen LogP contribution in [-0.4, -0.2) is 158 Å². The molecule has 3 aromatic carbocycles. The molecule has 5 aromatic rings. The van der Waals surface area contributed by atoms with Crippen LogP contribution >= 0.6 is 11.6 Å². The third-order valence-corrected chi connectivity index (χ3v) is 12.2. The molecule has 0 radical (unpaired) electrons. The summed E-state index contributed by atoms with van der Waals surface area (Å²) in [7, 11) is 3.10. The van der Waals surface area contributed by atoms with Gasteiger partial charge in [0, 0.05) is 87.3 Å². The number of anilines is 2. The molecule has 23 heteroatoms. The van der Waals surface area contributed by atoms with Crippen LogP contribution in [0, 0.1) is 12.8 Å². The number of aryl methyl sites for hydroxylation is 1. The van der Waals surface area contributed by atoms with Crippen LogP contribution in [0.4, 0.5) is 25.8 Å². The average Bonchev–Trinajstić information content (AvgIpc) is 4.08. The summed E-state index contributed by atoms with van der Waals surface area (Å²) in [6.45, 7) is 12.5. The number of amides is 6. The Morgan fingerprint density at radius 3 is 2.36 bits per heavy atom. The van der Waals surface area contributed by atoms with Crippen molar-refractivity contribution in [3.8, 4) is 11.5 Å². The topological polar surface area (TPSA) is 266 Å². The van der Waals surface area contributed by atoms with Crippen molar-refractivity contribution in [2.75, 3.05) is 89.5 Å². The van der Waals surface area contributed by atoms with E-state index in [1.165, 1.54) is 23.8 Å². The van der Waals surface area contributed by atoms with Crippen molar-refractivity contribution in [3.05, 3.63) is 77.3 Å². The summed E-state index contributed by atoms with van der Waals surface area (Å²) in [5, 5.41) is 18.0. The number of halogens is 1. The first-order valence-electron chi connectivity index (χ1n) is 24.5. The summed E-state index contributed by atoms with van der Waals surface area (Å²) in [5.74, 6) is -0.934. The fraction of sp³-hybridized carbons (Fsp3) is 0.481. The zero-order valence-corrected chi connectivity index (χ0v) is 44.5. The van der Waals surface area contributed by atoms with E-state index in [4.69, 9.17) is 44.4 Å². The molecule has 1 unspecified atom stereocenters. The Morgan fingerprint density at radius 2 is 1.68 bits per heavy atom. The molecule has 6 rings (SSSR count). The number of rotatable bonds is 23. The highest BCUT2D eigenvalue weighted by Crippen LogP contribution is 2.46. The maximum atomic E-state index is 14.3. The summed E-state index contributed by atoms with van der Waals surface area (Å²) in [5.41, 5.74) is 3.01. The lowest BCUT2D eigenvalue weighted by atomic mass is 10.0. The standard InChI is InChI=1S/C52H67ClN8O14/c1-30(2)43(58-49(66)75-52(5,6)7)47(64)54-31(3)46(63)56-36-12-10-33(11-13-36)29-72-50(67)59(8)16-17-60(18-20-70-21-19-62)51(68)74-41-26-40-42(44-45(41)73-32(4)55-44)35(27-53)28-61(40)48(65)39-25-34-24-37(71-23-22-69-9)14-15-38(34)57-39/h10-15,24-26,30-31,35,43,57,62H,16-23,27-29H2,1-9H3,(H,54,64)(H,56,63)(H,58,66)/t31-,35?,43+/m0/s1. The van der Waals surface area contributed by atoms with Crippen molar-refractivity contribution in [1.29, 1.82) is 0 Å². The molecule has 3 atom stereocenters. The first kappa shape index (κ1) is 57.1. The number of fused-ring (bicyclic) bond motifs is 4. The minimum Gasteiger partial charge on any atom is -0.491 e. The number of methoxy groups -OCH3 is 1. The number of likely N-dealkylation sites (N-methyl/N-ethyl adjacent to an activating group) is 1. The van der Waals surface area contributed by atoms with E-state index in [1.807, 2.05) is 12.1 Å². The molecule has 0 fully saturated rings. The Bertz CT molecular complexity index is 2810. The Morgan fingerprint density at radius 1 is 0.933 bits per heavy atom. The second kappa shape index (κ2) is 25.9. The summed E-state index contributed by atoms with van der Waals surface area (Å²) in [4.78, 5) is 92.1. The Hall–Kier alpha value is -7.14. The molecule has 0 saturated carbocycles. The first-order valence-corrected chi connectivity index (χ1v) is 25.0. The molecule has 0 bridgehead atoms. The van der Waals surface area contributed by atoms with Crippen LogP contribution in [0.3, 0.4) is 0 Å². The van der Waals surface area contributed by atoms with Gasteiger partial charge in [-0.15, -0.1) is 11.6 Å². The largest absolute Gasteiger partial charge is 0.491 e. The normalized spacial score (nSPS) is 14.0. The van der Waals surface area contributed by atoms with Gasteiger partial charge in [-0.05, 0) is 75.6 Å². The lowest BCUT2D eigenvalue weighted by Crippen LogP contribution is -2.54. The first-order chi connectivity index (χ1) is 35.7. The van der Waals surface area contributed by atoms with Crippen molar-refractivity contribution >= 4 is 81.0 Å². The van der Waals surface area contributed by atoms with Gasteiger partial charge >= 0.3 is 18.3 Å². The molecule has 0 saturated heterocycles. The third kappa shape index (κ3) is 15.2. The van der Waals surface area contributed by atoms with Crippen molar-refractivity contribution < 1.29 is 66.7 Å². The highest BCUT2D eigenvalue weighted by atomic mass is 35.5. The number of aliphatic hydroxyl groups excluding tert-OH is 1. The maximum absolute atomic E-state index is 14.3. The number of carbonyl (C=O) groups is 6. The lowest BCUT2D eigenvalue weighted by Gasteiger charge is -2.26. The van der Waals surface area contributed by atoms with Crippen LogP contribution in [0.25, 0.3) is 22.0 Å². The number of carbonyl (C=O) groups excluding carboxylic acids is 6. The molecule has 0 aliphatic carbocycles. The van der Waals surface area contributed by atoms with Crippen LogP contribution in [0.5, 0.6) is 11.5 Å². The van der Waals surface area contributed by atoms with Gasteiger partial charge in [-0.1, -0.05) is 26.0 Å². The summed E-state index contributed by atoms with van der Waals surface area (Å²) < 4.78 is 39.2. The summed E-state index contributed by atoms with van der Waals surface area (Å²) >= 11 is 6.52. The fourth-order valence-corrected chi connectivity index (χ4v) is 8.24. The number of aromatic nitrogens is 2. The van der Waals surface area contributed by atoms with E-state index in [9.17, 15) is 33.9 Å². The van der Waals surface area contributed by atoms with Gasteiger partial charge < -0.3 is 73.6 Å². The van der Waals surface area contributed by atoms with E-state index in [0.29, 0.717) is 58.6 Å². The van der Waals surface area contributed by atoms with Gasteiger partial charge in [-0.2, -0.15) is 0 Å². The Labute approximate surface area is 439 Å².